The zero-order valence-electron chi connectivity index (χ0n) is 18.0. The van der Waals surface area contributed by atoms with Gasteiger partial charge in [0.15, 0.2) is 5.96 Å². The summed E-state index contributed by atoms with van der Waals surface area (Å²) in [5.41, 5.74) is 0. The summed E-state index contributed by atoms with van der Waals surface area (Å²) in [6.45, 7) is 9.07. The molecule has 0 bridgehead atoms. The predicted octanol–water partition coefficient (Wildman–Crippen LogP) is -0.528. The van der Waals surface area contributed by atoms with Crippen LogP contribution in [-0.2, 0) is 14.8 Å². The molecule has 3 saturated heterocycles. The second-order valence-corrected chi connectivity index (χ2v) is 10.4. The minimum Gasteiger partial charge on any atom is -0.356 e. The van der Waals surface area contributed by atoms with E-state index in [2.05, 4.69) is 20.1 Å². The van der Waals surface area contributed by atoms with Crippen molar-refractivity contribution in [1.29, 1.82) is 0 Å². The average Bonchev–Trinajstić information content (AvgIpc) is 3.39. The number of amides is 1. The van der Waals surface area contributed by atoms with E-state index in [1.54, 1.807) is 11.4 Å². The van der Waals surface area contributed by atoms with Gasteiger partial charge in [0.2, 0.25) is 15.9 Å². The number of sulfonamides is 1. The molecule has 0 aromatic carbocycles. The molecular formula is C19H36N6O3S. The van der Waals surface area contributed by atoms with Gasteiger partial charge in [0.1, 0.15) is 0 Å². The molecule has 2 unspecified atom stereocenters. The summed E-state index contributed by atoms with van der Waals surface area (Å²) in [6.07, 6.45) is 4.39. The molecule has 3 rings (SSSR count). The van der Waals surface area contributed by atoms with E-state index in [-0.39, 0.29) is 11.9 Å². The van der Waals surface area contributed by atoms with Gasteiger partial charge in [0.25, 0.3) is 0 Å². The number of aliphatic imine (C=N–C) groups is 1. The van der Waals surface area contributed by atoms with Gasteiger partial charge in [0, 0.05) is 66.0 Å². The predicted molar refractivity (Wildman–Crippen MR) is 114 cm³/mol. The van der Waals surface area contributed by atoms with Gasteiger partial charge in [-0.3, -0.25) is 14.7 Å². The largest absolute Gasteiger partial charge is 0.356 e. The molecule has 166 valence electrons. The second-order valence-electron chi connectivity index (χ2n) is 8.44. The van der Waals surface area contributed by atoms with Gasteiger partial charge in [-0.05, 0) is 32.1 Å². The van der Waals surface area contributed by atoms with Gasteiger partial charge >= 0.3 is 0 Å². The quantitative estimate of drug-likeness (QED) is 0.468. The summed E-state index contributed by atoms with van der Waals surface area (Å²) in [5.74, 6) is 1.43. The molecule has 3 fully saturated rings. The number of hydrogen-bond acceptors (Lipinski definition) is 5. The molecule has 3 aliphatic rings. The van der Waals surface area contributed by atoms with Crippen molar-refractivity contribution >= 4 is 21.9 Å². The number of carbonyl (C=O) groups is 1. The third-order valence-electron chi connectivity index (χ3n) is 6.41. The third-order valence-corrected chi connectivity index (χ3v) is 7.68. The lowest BCUT2D eigenvalue weighted by molar-refractivity contribution is -0.135. The number of nitrogens with one attached hydrogen (secondary N) is 1. The number of likely N-dealkylation sites (tertiary alicyclic amines) is 1. The summed E-state index contributed by atoms with van der Waals surface area (Å²) >= 11 is 0. The van der Waals surface area contributed by atoms with Crippen LogP contribution in [0.3, 0.4) is 0 Å². The number of guanidine groups is 1. The van der Waals surface area contributed by atoms with E-state index in [9.17, 15) is 13.2 Å². The fourth-order valence-electron chi connectivity index (χ4n) is 4.51. The highest BCUT2D eigenvalue weighted by molar-refractivity contribution is 7.88. The van der Waals surface area contributed by atoms with Crippen molar-refractivity contribution in [3.63, 3.8) is 0 Å². The van der Waals surface area contributed by atoms with Crippen molar-refractivity contribution < 1.29 is 13.2 Å². The maximum absolute atomic E-state index is 12.7. The molecule has 29 heavy (non-hydrogen) atoms. The maximum Gasteiger partial charge on any atom is 0.239 e. The summed E-state index contributed by atoms with van der Waals surface area (Å²) in [5, 5.41) is 3.43. The summed E-state index contributed by atoms with van der Waals surface area (Å²) in [7, 11) is -1.32. The molecule has 9 nitrogen and oxygen atoms in total. The number of hydrogen-bond donors (Lipinski definition) is 1. The molecule has 0 radical (unpaired) electrons. The zero-order valence-corrected chi connectivity index (χ0v) is 18.8. The van der Waals surface area contributed by atoms with E-state index < -0.39 is 10.0 Å². The minimum absolute atomic E-state index is 0.0642. The highest BCUT2D eigenvalue weighted by Gasteiger charge is 2.31. The molecular weight excluding hydrogens is 392 g/mol. The van der Waals surface area contributed by atoms with Gasteiger partial charge in [-0.25, -0.2) is 12.7 Å². The lowest BCUT2D eigenvalue weighted by atomic mass is 10.1. The first-order chi connectivity index (χ1) is 13.8. The topological polar surface area (TPSA) is 88.6 Å². The fraction of sp³-hybridized carbons (Fsp3) is 0.895. The van der Waals surface area contributed by atoms with Crippen molar-refractivity contribution in [3.05, 3.63) is 0 Å². The fourth-order valence-corrected chi connectivity index (χ4v) is 5.43. The van der Waals surface area contributed by atoms with Gasteiger partial charge in [-0.2, -0.15) is 0 Å². The normalized spacial score (nSPS) is 26.2. The Morgan fingerprint density at radius 2 is 1.72 bits per heavy atom. The van der Waals surface area contributed by atoms with Crippen molar-refractivity contribution in [1.82, 2.24) is 24.3 Å². The van der Waals surface area contributed by atoms with Crippen LogP contribution in [0.15, 0.2) is 4.99 Å². The molecule has 0 aliphatic carbocycles. The Balaban J connectivity index is 1.43. The van der Waals surface area contributed by atoms with Gasteiger partial charge in [-0.1, -0.05) is 0 Å². The van der Waals surface area contributed by atoms with Crippen molar-refractivity contribution in [2.75, 3.05) is 72.2 Å². The highest BCUT2D eigenvalue weighted by Crippen LogP contribution is 2.18. The third kappa shape index (κ3) is 5.61. The van der Waals surface area contributed by atoms with Crippen molar-refractivity contribution in [2.45, 2.75) is 32.2 Å². The van der Waals surface area contributed by atoms with Crippen LogP contribution in [0.25, 0.3) is 0 Å². The molecule has 3 aliphatic heterocycles. The Morgan fingerprint density at radius 1 is 1.07 bits per heavy atom. The van der Waals surface area contributed by atoms with Crippen LogP contribution >= 0.6 is 0 Å². The van der Waals surface area contributed by atoms with Crippen LogP contribution in [-0.4, -0.2) is 118 Å². The van der Waals surface area contributed by atoms with E-state index in [4.69, 9.17) is 0 Å². The molecule has 0 spiro atoms. The van der Waals surface area contributed by atoms with Gasteiger partial charge < -0.3 is 15.1 Å². The number of carbonyl (C=O) groups excluding carboxylic acids is 1. The SMILES string of the molecule is CN=C(NCC1CCN(S(C)(=O)=O)C1)N1CCN(C(C)C(=O)N2CCCC2)CC1. The Morgan fingerprint density at radius 3 is 2.28 bits per heavy atom. The van der Waals surface area contributed by atoms with E-state index in [0.29, 0.717) is 19.0 Å². The molecule has 0 aromatic rings. The Bertz CT molecular complexity index is 699. The lowest BCUT2D eigenvalue weighted by Crippen LogP contribution is -2.57. The molecule has 0 saturated carbocycles. The highest BCUT2D eigenvalue weighted by atomic mass is 32.2. The molecule has 1 amide bonds. The standard InChI is InChI=1S/C19H36N6O3S/c1-16(18(26)23-7-4-5-8-23)22-10-12-24(13-11-22)19(20-2)21-14-17-6-9-25(15-17)29(3,27)28/h16-17H,4-15H2,1-3H3,(H,20,21). The molecule has 0 aromatic heterocycles. The second kappa shape index (κ2) is 9.61. The van der Waals surface area contributed by atoms with Gasteiger partial charge in [0.05, 0.1) is 12.3 Å². The summed E-state index contributed by atoms with van der Waals surface area (Å²) in [6, 6.07) is -0.0642. The van der Waals surface area contributed by atoms with Crippen LogP contribution in [0, 0.1) is 5.92 Å². The number of rotatable bonds is 5. The summed E-state index contributed by atoms with van der Waals surface area (Å²) in [4.78, 5) is 23.6. The monoisotopic (exact) mass is 428 g/mol. The number of nitrogens with zero attached hydrogens (tertiary/aromatic N) is 5. The van der Waals surface area contributed by atoms with Crippen LogP contribution in [0.2, 0.25) is 0 Å². The van der Waals surface area contributed by atoms with Crippen LogP contribution in [0.1, 0.15) is 26.2 Å². The van der Waals surface area contributed by atoms with Crippen LogP contribution < -0.4 is 5.32 Å². The number of piperazine rings is 1. The van der Waals surface area contributed by atoms with E-state index in [1.807, 2.05) is 11.8 Å². The van der Waals surface area contributed by atoms with E-state index in [1.165, 1.54) is 6.26 Å². The zero-order chi connectivity index (χ0) is 21.0. The van der Waals surface area contributed by atoms with E-state index >= 15 is 0 Å². The minimum atomic E-state index is -3.10. The van der Waals surface area contributed by atoms with E-state index in [0.717, 1.165) is 71.0 Å². The van der Waals surface area contributed by atoms with Crippen LogP contribution in [0.5, 0.6) is 0 Å². The first kappa shape index (κ1) is 22.3. The molecule has 3 heterocycles. The average molecular weight is 429 g/mol. The lowest BCUT2D eigenvalue weighted by Gasteiger charge is -2.39. The molecule has 1 N–H and O–H groups in total. The first-order valence-electron chi connectivity index (χ1n) is 10.7. The Labute approximate surface area is 175 Å². The first-order valence-corrected chi connectivity index (χ1v) is 12.6. The molecule has 10 heteroatoms. The smallest absolute Gasteiger partial charge is 0.239 e. The summed E-state index contributed by atoms with van der Waals surface area (Å²) < 4.78 is 24.9. The Kier molecular flexibility index (Phi) is 7.39. The maximum atomic E-state index is 12.7. The Hall–Kier alpha value is -1.39. The van der Waals surface area contributed by atoms with Crippen LogP contribution in [0.4, 0.5) is 0 Å². The van der Waals surface area contributed by atoms with Crippen molar-refractivity contribution in [3.8, 4) is 0 Å². The molecule has 2 atom stereocenters. The van der Waals surface area contributed by atoms with Gasteiger partial charge in [-0.15, -0.1) is 0 Å². The van der Waals surface area contributed by atoms with Crippen molar-refractivity contribution in [2.24, 2.45) is 10.9 Å².